The lowest BCUT2D eigenvalue weighted by Gasteiger charge is -2.49. The Morgan fingerprint density at radius 3 is 2.74 bits per heavy atom. The van der Waals surface area contributed by atoms with Crippen LogP contribution >= 0.6 is 0 Å². The van der Waals surface area contributed by atoms with Gasteiger partial charge in [0, 0.05) is 31.5 Å². The zero-order valence-corrected chi connectivity index (χ0v) is 16.7. The zero-order chi connectivity index (χ0) is 21.6. The first kappa shape index (κ1) is 18.7. The lowest BCUT2D eigenvalue weighted by Crippen LogP contribution is -2.56. The molecule has 0 aromatic carbocycles. The van der Waals surface area contributed by atoms with Crippen molar-refractivity contribution in [3.05, 3.63) is 46.5 Å². The van der Waals surface area contributed by atoms with Crippen LogP contribution in [0.15, 0.2) is 51.6 Å². The third-order valence-electron chi connectivity index (χ3n) is 6.93. The molecular weight excluding hydrogens is 410 g/mol. The van der Waals surface area contributed by atoms with Crippen LogP contribution in [0.5, 0.6) is 0 Å². The summed E-state index contributed by atoms with van der Waals surface area (Å²) < 4.78 is 36.0. The van der Waals surface area contributed by atoms with Gasteiger partial charge in [0.05, 0.1) is 17.0 Å². The van der Waals surface area contributed by atoms with Crippen LogP contribution in [0.3, 0.4) is 0 Å². The van der Waals surface area contributed by atoms with Crippen molar-refractivity contribution in [3.8, 4) is 0 Å². The van der Waals surface area contributed by atoms with E-state index in [0.29, 0.717) is 24.5 Å². The van der Waals surface area contributed by atoms with E-state index in [2.05, 4.69) is 5.16 Å². The van der Waals surface area contributed by atoms with Gasteiger partial charge in [0.15, 0.2) is 17.3 Å². The number of ketones is 2. The smallest absolute Gasteiger partial charge is 0.265 e. The number of Topliss-reactive ketones (excluding diaryl/α,β-unsaturated/α-hetero) is 2. The molecule has 6 aliphatic rings. The van der Waals surface area contributed by atoms with Crippen LogP contribution in [-0.4, -0.2) is 58.7 Å². The van der Waals surface area contributed by atoms with E-state index < -0.39 is 41.5 Å². The van der Waals surface area contributed by atoms with Crippen molar-refractivity contribution in [1.82, 2.24) is 9.80 Å². The number of carbonyl (C=O) groups is 2. The molecule has 31 heavy (non-hydrogen) atoms. The first-order valence-electron chi connectivity index (χ1n) is 10.4. The number of rotatable bonds is 1. The number of oxime groups is 1. The number of hydrogen-bond donors (Lipinski definition) is 1. The SMILES string of the molecule is CC1CN(C2=CC3C=C4C(F)=NOC4N4C5=C(OC(=C2F)C34)C(=O)C(=O)CC5)CC1N. The third kappa shape index (κ3) is 2.45. The number of hydrogen-bond acceptors (Lipinski definition) is 8. The topological polar surface area (TPSA) is 97.5 Å². The van der Waals surface area contributed by atoms with Crippen molar-refractivity contribution in [2.75, 3.05) is 13.1 Å². The van der Waals surface area contributed by atoms with Crippen molar-refractivity contribution in [1.29, 1.82) is 0 Å². The van der Waals surface area contributed by atoms with Crippen LogP contribution in [0.2, 0.25) is 0 Å². The normalized spacial score (nSPS) is 36.4. The Labute approximate surface area is 176 Å². The Kier molecular flexibility index (Phi) is 3.78. The van der Waals surface area contributed by atoms with Crippen LogP contribution in [0.1, 0.15) is 19.8 Å². The molecule has 8 nitrogen and oxygen atoms in total. The maximum atomic E-state index is 15.8. The summed E-state index contributed by atoms with van der Waals surface area (Å²) in [6, 6.07) is -0.763. The van der Waals surface area contributed by atoms with Gasteiger partial charge in [0.2, 0.25) is 12.0 Å². The lowest BCUT2D eigenvalue weighted by atomic mass is 9.81. The van der Waals surface area contributed by atoms with Crippen molar-refractivity contribution in [2.24, 2.45) is 22.7 Å². The highest BCUT2D eigenvalue weighted by atomic mass is 19.1. The minimum atomic E-state index is -0.936. The summed E-state index contributed by atoms with van der Waals surface area (Å²) in [5, 5.41) is 3.46. The molecule has 162 valence electrons. The quantitative estimate of drug-likeness (QED) is 0.628. The third-order valence-corrected chi connectivity index (χ3v) is 6.93. The minimum absolute atomic E-state index is 0.0101. The summed E-state index contributed by atoms with van der Waals surface area (Å²) in [6.45, 7) is 3.04. The molecule has 4 heterocycles. The molecule has 0 saturated carbocycles. The highest BCUT2D eigenvalue weighted by Crippen LogP contribution is 2.49. The van der Waals surface area contributed by atoms with Gasteiger partial charge in [-0.1, -0.05) is 18.2 Å². The summed E-state index contributed by atoms with van der Waals surface area (Å²) in [4.78, 5) is 33.4. The van der Waals surface area contributed by atoms with E-state index in [1.54, 1.807) is 17.1 Å². The summed E-state index contributed by atoms with van der Waals surface area (Å²) in [5.74, 6) is -3.30. The molecule has 1 fully saturated rings. The first-order chi connectivity index (χ1) is 14.8. The molecule has 2 aliphatic carbocycles. The van der Waals surface area contributed by atoms with Crippen molar-refractivity contribution >= 4 is 17.5 Å². The number of allylic oxidation sites excluding steroid dienone is 3. The Balaban J connectivity index is 1.52. The number of ether oxygens (including phenoxy) is 1. The number of halogens is 2. The second-order valence-corrected chi connectivity index (χ2v) is 8.80. The van der Waals surface area contributed by atoms with Crippen molar-refractivity contribution < 1.29 is 27.9 Å². The minimum Gasteiger partial charge on any atom is -0.450 e. The maximum absolute atomic E-state index is 15.8. The molecule has 0 radical (unpaired) electrons. The average Bonchev–Trinajstić information content (AvgIpc) is 3.28. The van der Waals surface area contributed by atoms with Gasteiger partial charge in [0.1, 0.15) is 6.04 Å². The highest BCUT2D eigenvalue weighted by molar-refractivity contribution is 6.43. The van der Waals surface area contributed by atoms with E-state index >= 15 is 4.39 Å². The summed E-state index contributed by atoms with van der Waals surface area (Å²) in [6.07, 6.45) is 2.72. The Morgan fingerprint density at radius 1 is 1.19 bits per heavy atom. The molecule has 2 N–H and O–H groups in total. The monoisotopic (exact) mass is 430 g/mol. The van der Waals surface area contributed by atoms with Gasteiger partial charge in [-0.15, -0.1) is 0 Å². The highest BCUT2D eigenvalue weighted by Gasteiger charge is 2.54. The molecule has 0 aromatic heterocycles. The number of likely N-dealkylation sites (tertiary alicyclic amines) is 1. The van der Waals surface area contributed by atoms with Gasteiger partial charge in [-0.2, -0.15) is 4.39 Å². The largest absolute Gasteiger partial charge is 0.450 e. The molecule has 5 unspecified atom stereocenters. The number of fused-ring (bicyclic) bond motifs is 3. The fourth-order valence-corrected chi connectivity index (χ4v) is 5.27. The van der Waals surface area contributed by atoms with Crippen LogP contribution in [0, 0.1) is 11.8 Å². The van der Waals surface area contributed by atoms with Gasteiger partial charge in [-0.25, -0.2) is 4.39 Å². The molecule has 5 atom stereocenters. The van der Waals surface area contributed by atoms with Gasteiger partial charge in [0.25, 0.3) is 11.7 Å². The first-order valence-corrected chi connectivity index (χ1v) is 10.4. The van der Waals surface area contributed by atoms with Gasteiger partial charge >= 0.3 is 0 Å². The second-order valence-electron chi connectivity index (χ2n) is 8.80. The molecule has 6 rings (SSSR count). The maximum Gasteiger partial charge on any atom is 0.265 e. The molecule has 4 aliphatic heterocycles. The van der Waals surface area contributed by atoms with E-state index in [0.717, 1.165) is 0 Å². The lowest BCUT2D eigenvalue weighted by molar-refractivity contribution is -0.138. The number of nitrogens with zero attached hydrogens (tertiary/aromatic N) is 3. The molecule has 1 saturated heterocycles. The standard InChI is InChI=1S/C21H20F2N4O4/c1-8-6-26(7-11(8)24)13-5-9-4-10-20(23)25-31-21(10)27-12-2-3-14(28)17(29)18(12)30-19(15(13)22)16(9)27/h4-5,8-9,11,16,21H,2-3,6-7,24H2,1H3. The summed E-state index contributed by atoms with van der Waals surface area (Å²) in [7, 11) is 0. The fraction of sp³-hybridized carbons (Fsp3) is 0.476. The van der Waals surface area contributed by atoms with Crippen molar-refractivity contribution in [2.45, 2.75) is 38.1 Å². The van der Waals surface area contributed by atoms with E-state index in [1.165, 1.54) is 0 Å². The summed E-state index contributed by atoms with van der Waals surface area (Å²) >= 11 is 0. The Bertz CT molecular complexity index is 1080. The number of nitrogens with two attached hydrogens (primary N) is 1. The molecule has 0 amide bonds. The number of carbonyl (C=O) groups excluding carboxylic acids is 2. The molecule has 0 bridgehead atoms. The average molecular weight is 430 g/mol. The zero-order valence-electron chi connectivity index (χ0n) is 16.7. The van der Waals surface area contributed by atoms with Crippen LogP contribution in [0.25, 0.3) is 0 Å². The van der Waals surface area contributed by atoms with Gasteiger partial charge < -0.3 is 25.1 Å². The second kappa shape index (κ2) is 6.25. The van der Waals surface area contributed by atoms with E-state index in [9.17, 15) is 14.0 Å². The van der Waals surface area contributed by atoms with Crippen LogP contribution < -0.4 is 5.73 Å². The van der Waals surface area contributed by atoms with Gasteiger partial charge in [-0.3, -0.25) is 9.59 Å². The van der Waals surface area contributed by atoms with Crippen molar-refractivity contribution in [3.63, 3.8) is 0 Å². The van der Waals surface area contributed by atoms with Gasteiger partial charge in [-0.05, 0) is 18.4 Å². The van der Waals surface area contributed by atoms with E-state index in [1.807, 2.05) is 11.8 Å². The molecule has 10 heteroatoms. The van der Waals surface area contributed by atoms with Crippen LogP contribution in [0.4, 0.5) is 8.78 Å². The van der Waals surface area contributed by atoms with Crippen LogP contribution in [-0.2, 0) is 19.2 Å². The fourth-order valence-electron chi connectivity index (χ4n) is 5.27. The molecule has 0 aromatic rings. The van der Waals surface area contributed by atoms with E-state index in [-0.39, 0.29) is 41.9 Å². The Morgan fingerprint density at radius 2 is 2.00 bits per heavy atom. The van der Waals surface area contributed by atoms with E-state index in [4.69, 9.17) is 15.3 Å². The molecule has 0 spiro atoms. The Hall–Kier alpha value is -3.01. The predicted octanol–water partition coefficient (Wildman–Crippen LogP) is 1.38. The molecular formula is C21H20F2N4O4. The summed E-state index contributed by atoms with van der Waals surface area (Å²) in [5.41, 5.74) is 7.09. The predicted molar refractivity (Wildman–Crippen MR) is 103 cm³/mol.